The number of rotatable bonds is 26. The Morgan fingerprint density at radius 1 is 0.337 bits per heavy atom. The molecular weight excluding hydrogens is 1260 g/mol. The van der Waals surface area contributed by atoms with E-state index in [1.807, 2.05) is 22.7 Å². The van der Waals surface area contributed by atoms with Gasteiger partial charge in [0.05, 0.1) is 23.3 Å². The fourth-order valence-electron chi connectivity index (χ4n) is 13.9. The van der Waals surface area contributed by atoms with Crippen molar-refractivity contribution < 1.29 is 0 Å². The smallest absolute Gasteiger partial charge is 0.0998 e. The molecule has 0 N–H and O–H groups in total. The lowest BCUT2D eigenvalue weighted by Crippen LogP contribution is -2.01. The molecule has 2 unspecified atom stereocenters. The summed E-state index contributed by atoms with van der Waals surface area (Å²) in [6, 6.07) is 101. The fourth-order valence-corrected chi connectivity index (χ4v) is 18.7. The number of nitriles is 2. The number of thiophene rings is 4. The Bertz CT molecular complexity index is 4590. The van der Waals surface area contributed by atoms with Crippen LogP contribution >= 0.6 is 45.3 Å². The Balaban J connectivity index is 0.964. The van der Waals surface area contributed by atoms with Gasteiger partial charge in [-0.2, -0.15) is 10.5 Å². The molecule has 13 rings (SSSR count). The number of allylic oxidation sites excluding steroid dienone is 2. The molecule has 0 fully saturated rings. The zero-order valence-electron chi connectivity index (χ0n) is 56.3. The molecule has 6 heteroatoms. The minimum absolute atomic E-state index is 0.612. The number of fused-ring (bicyclic) bond motifs is 2. The number of hydrogen-bond donors (Lipinski definition) is 0. The molecule has 0 saturated heterocycles. The maximum Gasteiger partial charge on any atom is 0.0998 e. The second-order valence-corrected chi connectivity index (χ2v) is 30.0. The molecule has 482 valence electrons. The predicted octanol–water partition coefficient (Wildman–Crippen LogP) is 27.2. The Morgan fingerprint density at radius 3 is 0.878 bits per heavy atom. The molecule has 0 radical (unpaired) electrons. The lowest BCUT2D eigenvalue weighted by Gasteiger charge is -2.18. The van der Waals surface area contributed by atoms with Crippen molar-refractivity contribution in [2.45, 2.75) is 91.9 Å². The van der Waals surface area contributed by atoms with Crippen LogP contribution < -0.4 is 0 Å². The third-order valence-electron chi connectivity index (χ3n) is 19.0. The molecule has 4 aromatic heterocycles. The first-order valence-electron chi connectivity index (χ1n) is 34.8. The van der Waals surface area contributed by atoms with E-state index in [-0.39, 0.29) is 0 Å². The van der Waals surface area contributed by atoms with Crippen LogP contribution in [0.1, 0.15) is 154 Å². The monoisotopic (exact) mass is 1340 g/mol. The number of benzene rings is 9. The quantitative estimate of drug-likeness (QED) is 0.0401. The van der Waals surface area contributed by atoms with Crippen LogP contribution in [0.4, 0.5) is 0 Å². The van der Waals surface area contributed by atoms with Crippen LogP contribution in [-0.2, 0) is 12.8 Å². The minimum Gasteiger partial charge on any atom is -0.192 e. The van der Waals surface area contributed by atoms with Crippen LogP contribution in [0, 0.1) is 34.5 Å². The van der Waals surface area contributed by atoms with Gasteiger partial charge in [0.15, 0.2) is 0 Å². The minimum atomic E-state index is 0.612. The summed E-state index contributed by atoms with van der Waals surface area (Å²) in [6.45, 7) is 9.29. The maximum atomic E-state index is 11.3. The summed E-state index contributed by atoms with van der Waals surface area (Å²) in [7, 11) is 0. The van der Waals surface area contributed by atoms with E-state index in [4.69, 9.17) is 0 Å². The number of nitrogens with zero attached hydrogens (tertiary/aromatic N) is 2. The van der Waals surface area contributed by atoms with E-state index in [0.29, 0.717) is 23.0 Å². The number of unbranched alkanes of at least 4 members (excludes halogenated alkanes) is 2. The first-order chi connectivity index (χ1) is 48.3. The normalized spacial score (nSPS) is 12.3. The van der Waals surface area contributed by atoms with E-state index >= 15 is 0 Å². The van der Waals surface area contributed by atoms with Crippen molar-refractivity contribution in [3.63, 3.8) is 0 Å². The summed E-state index contributed by atoms with van der Waals surface area (Å²) < 4.78 is 2.43. The Labute approximate surface area is 595 Å². The zero-order valence-corrected chi connectivity index (χ0v) is 59.6. The summed E-state index contributed by atoms with van der Waals surface area (Å²) in [5, 5.41) is 25.0. The largest absolute Gasteiger partial charge is 0.192 e. The van der Waals surface area contributed by atoms with Crippen LogP contribution in [0.2, 0.25) is 0 Å². The van der Waals surface area contributed by atoms with Gasteiger partial charge in [-0.3, -0.25) is 0 Å². The standard InChI is InChI=1S/C92H80N2S4/c1-5-9-29-63(7-3)55-77-51-53-83(95-77)89-81-59-79(57-75(61-93)65-43-47-73(48-44-65)87(71-39-25-15-26-40-71)85(67-31-17-11-18-32-67)68-33-19-12-20-34-68)98-92(81)90(84-54-52-78(96-84)56-64(8-4)30-10-6-2)82-60-80(97-91(82)89)58-76(62-94)66-45-49-74(50-46-66)88(72-41-27-16-28-42-72)86(69-35-21-13-22-36-69)70-37-23-14-24-38-70/h11-28,31-54,57-60,63-64H,5-10,29-30,55-56H2,1-4H3/b75-57+,76-58+. The molecule has 0 saturated carbocycles. The van der Waals surface area contributed by atoms with Crippen molar-refractivity contribution in [3.05, 3.63) is 342 Å². The van der Waals surface area contributed by atoms with Crippen LogP contribution in [0.25, 0.3) is 86.6 Å². The van der Waals surface area contributed by atoms with Gasteiger partial charge in [0.1, 0.15) is 0 Å². The molecule has 9 aromatic carbocycles. The second-order valence-electron chi connectivity index (χ2n) is 25.5. The molecule has 2 nitrogen and oxygen atoms in total. The van der Waals surface area contributed by atoms with Gasteiger partial charge in [-0.05, 0) is 151 Å². The highest BCUT2D eigenvalue weighted by molar-refractivity contribution is 7.24. The molecule has 98 heavy (non-hydrogen) atoms. The second kappa shape index (κ2) is 32.1. The van der Waals surface area contributed by atoms with Crippen molar-refractivity contribution >= 4 is 111 Å². The fraction of sp³-hybridized carbons (Fsp3) is 0.174. The average molecular weight is 1340 g/mol. The molecule has 0 spiro atoms. The van der Waals surface area contributed by atoms with Crippen molar-refractivity contribution in [1.82, 2.24) is 0 Å². The summed E-state index contributed by atoms with van der Waals surface area (Å²) in [5.41, 5.74) is 18.9. The highest BCUT2D eigenvalue weighted by Gasteiger charge is 2.26. The molecule has 2 atom stereocenters. The van der Waals surface area contributed by atoms with E-state index in [9.17, 15) is 10.5 Å². The van der Waals surface area contributed by atoms with Crippen LogP contribution in [0.3, 0.4) is 0 Å². The molecular formula is C92H80N2S4. The van der Waals surface area contributed by atoms with Gasteiger partial charge in [-0.15, -0.1) is 45.3 Å². The van der Waals surface area contributed by atoms with Gasteiger partial charge in [-0.25, -0.2) is 0 Å². The predicted molar refractivity (Wildman–Crippen MR) is 426 cm³/mol. The van der Waals surface area contributed by atoms with Gasteiger partial charge in [0, 0.05) is 60.6 Å². The molecule has 0 bridgehead atoms. The van der Waals surface area contributed by atoms with Crippen LogP contribution in [0.15, 0.2) is 267 Å². The van der Waals surface area contributed by atoms with Gasteiger partial charge in [0.25, 0.3) is 0 Å². The Morgan fingerprint density at radius 2 is 0.612 bits per heavy atom. The summed E-state index contributed by atoms with van der Waals surface area (Å²) >= 11 is 7.45. The maximum absolute atomic E-state index is 11.3. The molecule has 0 aliphatic rings. The van der Waals surface area contributed by atoms with Crippen molar-refractivity contribution in [1.29, 1.82) is 10.5 Å². The lowest BCUT2D eigenvalue weighted by molar-refractivity contribution is 0.452. The highest BCUT2D eigenvalue weighted by atomic mass is 32.1. The molecule has 0 aliphatic carbocycles. The van der Waals surface area contributed by atoms with Crippen molar-refractivity contribution in [3.8, 4) is 33.0 Å². The van der Waals surface area contributed by atoms with E-state index in [0.717, 1.165) is 113 Å². The topological polar surface area (TPSA) is 47.6 Å². The van der Waals surface area contributed by atoms with Gasteiger partial charge >= 0.3 is 0 Å². The van der Waals surface area contributed by atoms with Gasteiger partial charge in [-0.1, -0.05) is 310 Å². The van der Waals surface area contributed by atoms with E-state index < -0.39 is 0 Å². The molecule has 13 aromatic rings. The van der Waals surface area contributed by atoms with Crippen LogP contribution in [-0.4, -0.2) is 0 Å². The van der Waals surface area contributed by atoms with Gasteiger partial charge in [0.2, 0.25) is 0 Å². The lowest BCUT2D eigenvalue weighted by atomic mass is 9.85. The van der Waals surface area contributed by atoms with E-state index in [2.05, 4.69) is 319 Å². The van der Waals surface area contributed by atoms with Gasteiger partial charge < -0.3 is 0 Å². The summed E-state index contributed by atoms with van der Waals surface area (Å²) in [5.74, 6) is 1.26. The first-order valence-corrected chi connectivity index (χ1v) is 38.1. The van der Waals surface area contributed by atoms with Crippen molar-refractivity contribution in [2.75, 3.05) is 0 Å². The van der Waals surface area contributed by atoms with E-state index in [1.54, 1.807) is 22.7 Å². The molecule has 0 amide bonds. The summed E-state index contributed by atoms with van der Waals surface area (Å²) in [6.07, 6.45) is 16.0. The average Bonchev–Trinajstić information content (AvgIpc) is 1.56. The third kappa shape index (κ3) is 15.0. The SMILES string of the molecule is CCCCC(CC)Cc1ccc(-c2c3cc(/C=C(\C#N)c4ccc(C(=C(c5ccccc5)c5ccccc5)c5ccccc5)cc4)sc3c(-c3ccc(CC(CC)CCCC)s3)c3cc(/C=C(\C#N)c4ccc(C(=C(c5ccccc5)c5ccccc5)c5ccccc5)cc4)sc23)s1. The molecule has 4 heterocycles. The summed E-state index contributed by atoms with van der Waals surface area (Å²) in [4.78, 5) is 7.39. The van der Waals surface area contributed by atoms with Crippen molar-refractivity contribution in [2.24, 2.45) is 11.8 Å². The Kier molecular flexibility index (Phi) is 21.9. The third-order valence-corrected chi connectivity index (χ3v) is 23.5. The zero-order chi connectivity index (χ0) is 67.2. The first kappa shape index (κ1) is 66.8. The highest BCUT2D eigenvalue weighted by Crippen LogP contribution is 2.53. The van der Waals surface area contributed by atoms with E-state index in [1.165, 1.54) is 89.3 Å². The number of hydrogen-bond acceptors (Lipinski definition) is 6. The van der Waals surface area contributed by atoms with Crippen LogP contribution in [0.5, 0.6) is 0 Å². The Hall–Kier alpha value is -9.76. The molecule has 0 aliphatic heterocycles.